The number of anilines is 2. The predicted octanol–water partition coefficient (Wildman–Crippen LogP) is 2.27. The van der Waals surface area contributed by atoms with Crippen LogP contribution in [0, 0.1) is 6.92 Å². The largest absolute Gasteiger partial charge is 0.465 e. The lowest BCUT2D eigenvalue weighted by Gasteiger charge is -2.05. The van der Waals surface area contributed by atoms with E-state index >= 15 is 0 Å². The van der Waals surface area contributed by atoms with Crippen LogP contribution in [0.1, 0.15) is 25.6 Å². The highest BCUT2D eigenvalue weighted by Gasteiger charge is 2.26. The van der Waals surface area contributed by atoms with Gasteiger partial charge in [-0.2, -0.15) is 0 Å². The summed E-state index contributed by atoms with van der Waals surface area (Å²) in [5.41, 5.74) is 0.532. The Labute approximate surface area is 179 Å². The molecule has 2 aromatic rings. The number of carbonyl (C=O) groups is 3. The second kappa shape index (κ2) is 11.1. The lowest BCUT2D eigenvalue weighted by atomic mass is 10.1. The summed E-state index contributed by atoms with van der Waals surface area (Å²) in [6, 6.07) is 0. The van der Waals surface area contributed by atoms with Gasteiger partial charge in [0.05, 0.1) is 32.1 Å². The lowest BCUT2D eigenvalue weighted by molar-refractivity contribution is -0.113. The summed E-state index contributed by atoms with van der Waals surface area (Å²) >= 11 is 3.49. The molecule has 0 saturated carbocycles. The van der Waals surface area contributed by atoms with Gasteiger partial charge in [0, 0.05) is 13.7 Å². The molecule has 0 aliphatic heterocycles. The van der Waals surface area contributed by atoms with E-state index in [4.69, 9.17) is 14.2 Å². The Morgan fingerprint density at radius 2 is 1.79 bits per heavy atom. The highest BCUT2D eigenvalue weighted by atomic mass is 32.2. The third kappa shape index (κ3) is 6.13. The Morgan fingerprint density at radius 1 is 1.07 bits per heavy atom. The van der Waals surface area contributed by atoms with Gasteiger partial charge in [-0.15, -0.1) is 21.5 Å². The minimum absolute atomic E-state index is 0.0534. The highest BCUT2D eigenvalue weighted by Crippen LogP contribution is 2.34. The summed E-state index contributed by atoms with van der Waals surface area (Å²) in [4.78, 5) is 36.6. The Morgan fingerprint density at radius 3 is 2.45 bits per heavy atom. The first-order chi connectivity index (χ1) is 13.9. The number of carbonyl (C=O) groups excluding carboxylic acids is 3. The molecule has 29 heavy (non-hydrogen) atoms. The van der Waals surface area contributed by atoms with Crippen molar-refractivity contribution in [2.45, 2.75) is 11.3 Å². The van der Waals surface area contributed by atoms with E-state index in [0.29, 0.717) is 28.2 Å². The fourth-order valence-corrected chi connectivity index (χ4v) is 4.83. The average molecular weight is 461 g/mol. The van der Waals surface area contributed by atoms with Crippen molar-refractivity contribution in [2.24, 2.45) is 0 Å². The molecule has 0 aliphatic rings. The van der Waals surface area contributed by atoms with Crippen LogP contribution in [0.2, 0.25) is 0 Å². The van der Waals surface area contributed by atoms with Gasteiger partial charge < -0.3 is 24.8 Å². The Hall–Kier alpha value is -2.22. The molecule has 1 amide bonds. The molecule has 0 radical (unpaired) electrons. The second-order valence-electron chi connectivity index (χ2n) is 5.37. The summed E-state index contributed by atoms with van der Waals surface area (Å²) in [7, 11) is 4.08. The van der Waals surface area contributed by atoms with Crippen molar-refractivity contribution in [3.8, 4) is 0 Å². The van der Waals surface area contributed by atoms with Gasteiger partial charge in [-0.3, -0.25) is 4.79 Å². The summed E-state index contributed by atoms with van der Waals surface area (Å²) in [5.74, 6) is -1.54. The molecule has 0 saturated heterocycles. The van der Waals surface area contributed by atoms with Gasteiger partial charge in [-0.05, 0) is 12.5 Å². The van der Waals surface area contributed by atoms with Gasteiger partial charge in [-0.1, -0.05) is 23.1 Å². The van der Waals surface area contributed by atoms with E-state index in [1.54, 1.807) is 14.0 Å². The van der Waals surface area contributed by atoms with Crippen molar-refractivity contribution in [1.82, 2.24) is 10.2 Å². The Bertz CT molecular complexity index is 882. The van der Waals surface area contributed by atoms with E-state index in [0.717, 1.165) is 11.3 Å². The quantitative estimate of drug-likeness (QED) is 0.309. The van der Waals surface area contributed by atoms with Crippen LogP contribution in [0.25, 0.3) is 0 Å². The van der Waals surface area contributed by atoms with Crippen LogP contribution < -0.4 is 10.6 Å². The van der Waals surface area contributed by atoms with Crippen LogP contribution in [0.3, 0.4) is 0 Å². The molecule has 158 valence electrons. The van der Waals surface area contributed by atoms with Gasteiger partial charge in [0.1, 0.15) is 9.88 Å². The van der Waals surface area contributed by atoms with Crippen molar-refractivity contribution in [3.05, 3.63) is 16.0 Å². The number of methoxy groups -OCH3 is 3. The topological polar surface area (TPSA) is 129 Å². The Balaban J connectivity index is 2.03. The first kappa shape index (κ1) is 23.1. The van der Waals surface area contributed by atoms with Gasteiger partial charge in [-0.25, -0.2) is 9.59 Å². The maximum atomic E-state index is 12.4. The average Bonchev–Trinajstić information content (AvgIpc) is 3.29. The number of amides is 1. The zero-order valence-electron chi connectivity index (χ0n) is 16.2. The zero-order chi connectivity index (χ0) is 21.4. The van der Waals surface area contributed by atoms with Crippen LogP contribution in [-0.4, -0.2) is 68.3 Å². The molecule has 2 heterocycles. The van der Waals surface area contributed by atoms with Gasteiger partial charge in [0.2, 0.25) is 11.0 Å². The molecule has 0 fully saturated rings. The fourth-order valence-electron chi connectivity index (χ4n) is 2.13. The number of aromatic nitrogens is 2. The van der Waals surface area contributed by atoms with Gasteiger partial charge >= 0.3 is 11.9 Å². The third-order valence-electron chi connectivity index (χ3n) is 3.48. The molecular weight excluding hydrogens is 440 g/mol. The van der Waals surface area contributed by atoms with Crippen LogP contribution in [0.4, 0.5) is 10.1 Å². The molecule has 0 spiro atoms. The number of thioether (sulfide) groups is 1. The minimum Gasteiger partial charge on any atom is -0.465 e. The predicted molar refractivity (Wildman–Crippen MR) is 111 cm³/mol. The van der Waals surface area contributed by atoms with E-state index in [2.05, 4.69) is 20.8 Å². The molecule has 2 N–H and O–H groups in total. The van der Waals surface area contributed by atoms with Crippen molar-refractivity contribution in [1.29, 1.82) is 0 Å². The van der Waals surface area contributed by atoms with E-state index < -0.39 is 11.9 Å². The highest BCUT2D eigenvalue weighted by molar-refractivity contribution is 8.01. The fraction of sp³-hybridized carbons (Fsp3) is 0.438. The number of ether oxygens (including phenoxy) is 3. The molecule has 10 nitrogen and oxygen atoms in total. The second-order valence-corrected chi connectivity index (χ2v) is 8.59. The van der Waals surface area contributed by atoms with Crippen LogP contribution >= 0.6 is 34.4 Å². The molecule has 0 unspecified atom stereocenters. The summed E-state index contributed by atoms with van der Waals surface area (Å²) < 4.78 is 15.1. The molecule has 2 rings (SSSR count). The molecular formula is C16H20N4O6S3. The van der Waals surface area contributed by atoms with E-state index in [-0.39, 0.29) is 27.1 Å². The molecule has 0 aromatic carbocycles. The first-order valence-corrected chi connectivity index (χ1v) is 10.8. The Kier molecular flexibility index (Phi) is 8.82. The number of thiophene rings is 1. The van der Waals surface area contributed by atoms with E-state index in [1.807, 2.05) is 0 Å². The molecule has 0 atom stereocenters. The number of nitrogens with one attached hydrogen (secondary N) is 2. The number of nitrogens with zero attached hydrogens (tertiary/aromatic N) is 2. The normalized spacial score (nSPS) is 10.5. The summed E-state index contributed by atoms with van der Waals surface area (Å²) in [5, 5.41) is 14.6. The number of esters is 2. The zero-order valence-corrected chi connectivity index (χ0v) is 18.6. The number of rotatable bonds is 10. The first-order valence-electron chi connectivity index (χ1n) is 8.20. The van der Waals surface area contributed by atoms with Crippen LogP contribution in [0.5, 0.6) is 0 Å². The third-order valence-corrected chi connectivity index (χ3v) is 6.68. The maximum absolute atomic E-state index is 12.4. The van der Waals surface area contributed by atoms with Crippen molar-refractivity contribution < 1.29 is 28.6 Å². The molecule has 2 aromatic heterocycles. The van der Waals surface area contributed by atoms with Crippen molar-refractivity contribution in [2.75, 3.05) is 50.9 Å². The summed E-state index contributed by atoms with van der Waals surface area (Å²) in [6.45, 7) is 2.74. The van der Waals surface area contributed by atoms with Crippen LogP contribution in [0.15, 0.2) is 4.34 Å². The van der Waals surface area contributed by atoms with E-state index in [1.165, 1.54) is 37.3 Å². The molecule has 0 bridgehead atoms. The van der Waals surface area contributed by atoms with E-state index in [9.17, 15) is 14.4 Å². The standard InChI is InChI=1S/C16H20N4O6S3/c1-8-10(13(22)25-3)12(28-11(8)14(23)26-4)18-9(21)7-27-16-20-19-15(29-16)17-5-6-24-2/h5-7H2,1-4H3,(H,17,19)(H,18,21). The molecule has 13 heteroatoms. The van der Waals surface area contributed by atoms with Crippen molar-refractivity contribution in [3.63, 3.8) is 0 Å². The monoisotopic (exact) mass is 460 g/mol. The smallest absolute Gasteiger partial charge is 0.348 e. The number of hydrogen-bond acceptors (Lipinski definition) is 12. The van der Waals surface area contributed by atoms with Gasteiger partial charge in [0.15, 0.2) is 4.34 Å². The number of hydrogen-bond donors (Lipinski definition) is 2. The van der Waals surface area contributed by atoms with Crippen LogP contribution in [-0.2, 0) is 19.0 Å². The van der Waals surface area contributed by atoms with Crippen molar-refractivity contribution >= 4 is 62.4 Å². The SMILES string of the molecule is COCCNc1nnc(SCC(=O)Nc2sc(C(=O)OC)c(C)c2C(=O)OC)s1. The molecule has 0 aliphatic carbocycles. The van der Waals surface area contributed by atoms with Gasteiger partial charge in [0.25, 0.3) is 0 Å². The lowest BCUT2D eigenvalue weighted by Crippen LogP contribution is -2.16. The minimum atomic E-state index is -0.646. The summed E-state index contributed by atoms with van der Waals surface area (Å²) in [6.07, 6.45) is 0. The maximum Gasteiger partial charge on any atom is 0.348 e.